The first-order valence-corrected chi connectivity index (χ1v) is 10.2. The van der Waals surface area contributed by atoms with E-state index < -0.39 is 0 Å². The van der Waals surface area contributed by atoms with E-state index in [4.69, 9.17) is 21.3 Å². The second-order valence-electron chi connectivity index (χ2n) is 7.36. The number of fused-ring (bicyclic) bond motifs is 1. The Bertz CT molecular complexity index is 1050. The number of carbonyl (C=O) groups excluding carboxylic acids is 1. The van der Waals surface area contributed by atoms with Crippen LogP contribution in [-0.4, -0.2) is 43.0 Å². The van der Waals surface area contributed by atoms with Crippen molar-refractivity contribution in [3.05, 3.63) is 64.7 Å². The summed E-state index contributed by atoms with van der Waals surface area (Å²) < 4.78 is 5.43. The van der Waals surface area contributed by atoms with Crippen LogP contribution in [0.5, 0.6) is 5.75 Å². The summed E-state index contributed by atoms with van der Waals surface area (Å²) in [5.74, 6) is 1.42. The Morgan fingerprint density at radius 1 is 1.17 bits per heavy atom. The monoisotopic (exact) mass is 409 g/mol. The van der Waals surface area contributed by atoms with Crippen molar-refractivity contribution in [1.29, 1.82) is 0 Å². The van der Waals surface area contributed by atoms with Gasteiger partial charge in [0.1, 0.15) is 11.6 Å². The van der Waals surface area contributed by atoms with Crippen LogP contribution in [-0.2, 0) is 6.54 Å². The minimum atomic E-state index is -0.0628. The van der Waals surface area contributed by atoms with Gasteiger partial charge in [0.05, 0.1) is 18.2 Å². The first-order valence-electron chi connectivity index (χ1n) is 9.79. The number of pyridine rings is 1. The van der Waals surface area contributed by atoms with Gasteiger partial charge in [0.2, 0.25) is 0 Å². The SMILES string of the molecule is COc1ccc(Cl)cc1CN(C)C(=O)c1cc2ccccc2nc1N1CCCC1. The summed E-state index contributed by atoms with van der Waals surface area (Å²) in [5.41, 5.74) is 2.41. The number of aromatic nitrogens is 1. The molecule has 0 N–H and O–H groups in total. The number of methoxy groups -OCH3 is 1. The lowest BCUT2D eigenvalue weighted by Gasteiger charge is -2.24. The van der Waals surface area contributed by atoms with Crippen molar-refractivity contribution in [2.45, 2.75) is 19.4 Å². The fraction of sp³-hybridized carbons (Fsp3) is 0.304. The Morgan fingerprint density at radius 3 is 2.69 bits per heavy atom. The maximum atomic E-state index is 13.4. The largest absolute Gasteiger partial charge is 0.496 e. The fourth-order valence-electron chi connectivity index (χ4n) is 3.84. The molecule has 4 rings (SSSR count). The smallest absolute Gasteiger partial charge is 0.257 e. The van der Waals surface area contributed by atoms with E-state index >= 15 is 0 Å². The summed E-state index contributed by atoms with van der Waals surface area (Å²) in [6.45, 7) is 2.25. The van der Waals surface area contributed by atoms with Crippen LogP contribution in [0.1, 0.15) is 28.8 Å². The summed E-state index contributed by atoms with van der Waals surface area (Å²) >= 11 is 6.15. The van der Waals surface area contributed by atoms with Crippen LogP contribution in [0.25, 0.3) is 10.9 Å². The first kappa shape index (κ1) is 19.5. The second-order valence-corrected chi connectivity index (χ2v) is 7.80. The summed E-state index contributed by atoms with van der Waals surface area (Å²) in [7, 11) is 3.42. The molecule has 1 amide bonds. The summed E-state index contributed by atoms with van der Waals surface area (Å²) in [4.78, 5) is 22.2. The second kappa shape index (κ2) is 8.29. The number of para-hydroxylation sites is 1. The number of hydrogen-bond acceptors (Lipinski definition) is 4. The molecule has 1 saturated heterocycles. The Labute approximate surface area is 175 Å². The number of ether oxygens (including phenoxy) is 1. The zero-order valence-electron chi connectivity index (χ0n) is 16.7. The topological polar surface area (TPSA) is 45.7 Å². The molecule has 29 heavy (non-hydrogen) atoms. The van der Waals surface area contributed by atoms with Gasteiger partial charge < -0.3 is 14.5 Å². The molecule has 0 radical (unpaired) electrons. The quantitative estimate of drug-likeness (QED) is 0.609. The Morgan fingerprint density at radius 2 is 1.93 bits per heavy atom. The molecule has 150 valence electrons. The number of amides is 1. The van der Waals surface area contributed by atoms with Crippen LogP contribution in [0.3, 0.4) is 0 Å². The van der Waals surface area contributed by atoms with Gasteiger partial charge in [-0.3, -0.25) is 4.79 Å². The zero-order chi connectivity index (χ0) is 20.4. The third-order valence-electron chi connectivity index (χ3n) is 5.34. The standard InChI is InChI=1S/C23H24ClN3O2/c1-26(15-17-13-18(24)9-10-21(17)29-2)23(28)19-14-16-7-3-4-8-20(16)25-22(19)27-11-5-6-12-27/h3-4,7-10,13-14H,5-6,11-12,15H2,1-2H3. The van der Waals surface area contributed by atoms with Gasteiger partial charge in [0, 0.05) is 42.7 Å². The highest BCUT2D eigenvalue weighted by atomic mass is 35.5. The van der Waals surface area contributed by atoms with Crippen LogP contribution < -0.4 is 9.64 Å². The number of nitrogens with zero attached hydrogens (tertiary/aromatic N) is 3. The molecule has 1 fully saturated rings. The number of halogens is 1. The normalized spacial score (nSPS) is 13.7. The Kier molecular flexibility index (Phi) is 5.58. The molecule has 0 unspecified atom stereocenters. The van der Waals surface area contributed by atoms with E-state index in [-0.39, 0.29) is 5.91 Å². The highest BCUT2D eigenvalue weighted by Gasteiger charge is 2.24. The van der Waals surface area contributed by atoms with Crippen LogP contribution in [0, 0.1) is 0 Å². The fourth-order valence-corrected chi connectivity index (χ4v) is 4.03. The molecular weight excluding hydrogens is 386 g/mol. The molecule has 0 saturated carbocycles. The van der Waals surface area contributed by atoms with Gasteiger partial charge in [0.15, 0.2) is 0 Å². The maximum Gasteiger partial charge on any atom is 0.257 e. The number of rotatable bonds is 5. The minimum Gasteiger partial charge on any atom is -0.496 e. The molecular formula is C23H24ClN3O2. The number of anilines is 1. The van der Waals surface area contributed by atoms with Gasteiger partial charge in [-0.15, -0.1) is 0 Å². The van der Waals surface area contributed by atoms with Crippen LogP contribution >= 0.6 is 11.6 Å². The van der Waals surface area contributed by atoms with E-state index in [9.17, 15) is 4.79 Å². The molecule has 1 aliphatic rings. The van der Waals surface area contributed by atoms with E-state index in [2.05, 4.69) is 4.90 Å². The maximum absolute atomic E-state index is 13.4. The van der Waals surface area contributed by atoms with Crippen molar-refractivity contribution in [1.82, 2.24) is 9.88 Å². The van der Waals surface area contributed by atoms with E-state index in [1.807, 2.05) is 42.5 Å². The molecule has 5 nitrogen and oxygen atoms in total. The number of hydrogen-bond donors (Lipinski definition) is 0. The van der Waals surface area contributed by atoms with Crippen molar-refractivity contribution in [3.8, 4) is 5.75 Å². The Hall–Kier alpha value is -2.79. The van der Waals surface area contributed by atoms with E-state index in [1.165, 1.54) is 0 Å². The number of benzene rings is 2. The van der Waals surface area contributed by atoms with Gasteiger partial charge in [-0.25, -0.2) is 4.98 Å². The van der Waals surface area contributed by atoms with E-state index in [0.29, 0.717) is 22.9 Å². The van der Waals surface area contributed by atoms with Gasteiger partial charge in [-0.05, 0) is 43.2 Å². The van der Waals surface area contributed by atoms with Crippen LogP contribution in [0.4, 0.5) is 5.82 Å². The van der Waals surface area contributed by atoms with E-state index in [1.54, 1.807) is 25.1 Å². The van der Waals surface area contributed by atoms with Gasteiger partial charge in [-0.2, -0.15) is 0 Å². The molecule has 2 heterocycles. The van der Waals surface area contributed by atoms with Crippen molar-refractivity contribution >= 4 is 34.2 Å². The summed E-state index contributed by atoms with van der Waals surface area (Å²) in [5, 5.41) is 1.58. The predicted molar refractivity (Wildman–Crippen MR) is 117 cm³/mol. The predicted octanol–water partition coefficient (Wildman–Crippen LogP) is 4.77. The molecule has 1 aromatic heterocycles. The van der Waals surface area contributed by atoms with Crippen molar-refractivity contribution in [3.63, 3.8) is 0 Å². The summed E-state index contributed by atoms with van der Waals surface area (Å²) in [6, 6.07) is 15.3. The highest BCUT2D eigenvalue weighted by Crippen LogP contribution is 2.29. The average Bonchev–Trinajstić information content (AvgIpc) is 3.27. The number of carbonyl (C=O) groups is 1. The highest BCUT2D eigenvalue weighted by molar-refractivity contribution is 6.30. The lowest BCUT2D eigenvalue weighted by Crippen LogP contribution is -2.30. The Balaban J connectivity index is 1.70. The summed E-state index contributed by atoms with van der Waals surface area (Å²) in [6.07, 6.45) is 2.25. The molecule has 6 heteroatoms. The molecule has 0 atom stereocenters. The molecule has 2 aromatic carbocycles. The van der Waals surface area contributed by atoms with Crippen LogP contribution in [0.2, 0.25) is 5.02 Å². The molecule has 0 aliphatic carbocycles. The van der Waals surface area contributed by atoms with Crippen molar-refractivity contribution in [2.24, 2.45) is 0 Å². The minimum absolute atomic E-state index is 0.0628. The van der Waals surface area contributed by atoms with Crippen molar-refractivity contribution < 1.29 is 9.53 Å². The third-order valence-corrected chi connectivity index (χ3v) is 5.57. The van der Waals surface area contributed by atoms with E-state index in [0.717, 1.165) is 48.2 Å². The average molecular weight is 410 g/mol. The zero-order valence-corrected chi connectivity index (χ0v) is 17.4. The lowest BCUT2D eigenvalue weighted by atomic mass is 10.1. The molecule has 1 aliphatic heterocycles. The van der Waals surface area contributed by atoms with Crippen LogP contribution in [0.15, 0.2) is 48.5 Å². The van der Waals surface area contributed by atoms with Gasteiger partial charge in [-0.1, -0.05) is 29.8 Å². The molecule has 3 aromatic rings. The molecule has 0 spiro atoms. The third kappa shape index (κ3) is 4.01. The molecule has 0 bridgehead atoms. The first-order chi connectivity index (χ1) is 14.1. The van der Waals surface area contributed by atoms with Gasteiger partial charge >= 0.3 is 0 Å². The van der Waals surface area contributed by atoms with Crippen molar-refractivity contribution in [2.75, 3.05) is 32.1 Å². The lowest BCUT2D eigenvalue weighted by molar-refractivity contribution is 0.0784. The van der Waals surface area contributed by atoms with Gasteiger partial charge in [0.25, 0.3) is 5.91 Å².